The van der Waals surface area contributed by atoms with Crippen LogP contribution in [0.15, 0.2) is 36.4 Å². The summed E-state index contributed by atoms with van der Waals surface area (Å²) in [5.74, 6) is -0.849. The lowest BCUT2D eigenvalue weighted by Crippen LogP contribution is -2.19. The van der Waals surface area contributed by atoms with E-state index in [1.807, 2.05) is 0 Å². The third-order valence-corrected chi connectivity index (χ3v) is 3.90. The lowest BCUT2D eigenvalue weighted by Gasteiger charge is -2.19. The van der Waals surface area contributed by atoms with E-state index in [0.717, 1.165) is 5.56 Å². The van der Waals surface area contributed by atoms with Gasteiger partial charge >= 0.3 is 0 Å². The Morgan fingerprint density at radius 3 is 2.55 bits per heavy atom. The molecule has 2 aromatic carbocycles. The van der Waals surface area contributed by atoms with E-state index in [1.54, 1.807) is 25.2 Å². The Labute approximate surface area is 126 Å². The topological polar surface area (TPSA) is 12.0 Å². The number of likely N-dealkylation sites (N-methyl/N-ethyl adjacent to an activating group) is 1. The van der Waals surface area contributed by atoms with Crippen molar-refractivity contribution in [2.24, 2.45) is 0 Å². The fourth-order valence-electron chi connectivity index (χ4n) is 2.06. The van der Waals surface area contributed by atoms with Crippen LogP contribution in [0.4, 0.5) is 8.78 Å². The molecule has 1 nitrogen and oxygen atoms in total. The maximum Gasteiger partial charge on any atom is 0.142 e. The Kier molecular flexibility index (Phi) is 4.97. The summed E-state index contributed by atoms with van der Waals surface area (Å²) < 4.78 is 26.5. The summed E-state index contributed by atoms with van der Waals surface area (Å²) in [5, 5.41) is 3.51. The molecule has 0 amide bonds. The number of rotatable bonds is 4. The van der Waals surface area contributed by atoms with Crippen LogP contribution in [0, 0.1) is 11.6 Å². The zero-order valence-corrected chi connectivity index (χ0v) is 12.3. The van der Waals surface area contributed by atoms with Crippen molar-refractivity contribution in [3.8, 4) is 0 Å². The van der Waals surface area contributed by atoms with Crippen molar-refractivity contribution in [1.29, 1.82) is 0 Å². The molecule has 0 radical (unpaired) electrons. The zero-order valence-electron chi connectivity index (χ0n) is 10.8. The van der Waals surface area contributed by atoms with Crippen molar-refractivity contribution in [1.82, 2.24) is 5.32 Å². The second-order valence-electron chi connectivity index (χ2n) is 4.42. The molecular formula is C15H13Cl2F2N. The van der Waals surface area contributed by atoms with Crippen LogP contribution in [0.25, 0.3) is 0 Å². The first kappa shape index (κ1) is 15.2. The molecule has 0 saturated heterocycles. The number of hydrogen-bond donors (Lipinski definition) is 1. The third kappa shape index (κ3) is 3.29. The predicted molar refractivity (Wildman–Crippen MR) is 78.3 cm³/mol. The smallest absolute Gasteiger partial charge is 0.142 e. The van der Waals surface area contributed by atoms with E-state index in [9.17, 15) is 8.78 Å². The Balaban J connectivity index is 2.31. The van der Waals surface area contributed by atoms with Crippen molar-refractivity contribution in [3.05, 3.63) is 69.2 Å². The molecule has 0 spiro atoms. The van der Waals surface area contributed by atoms with E-state index in [4.69, 9.17) is 23.2 Å². The summed E-state index contributed by atoms with van der Waals surface area (Å²) in [6.45, 7) is 0. The molecule has 1 N–H and O–H groups in total. The molecule has 2 rings (SSSR count). The molecule has 5 heteroatoms. The molecule has 1 atom stereocenters. The number of halogens is 4. The van der Waals surface area contributed by atoms with Crippen LogP contribution in [0.3, 0.4) is 0 Å². The largest absolute Gasteiger partial charge is 0.313 e. The first-order valence-corrected chi connectivity index (χ1v) is 6.83. The molecule has 1 unspecified atom stereocenters. The first-order chi connectivity index (χ1) is 9.52. The van der Waals surface area contributed by atoms with Gasteiger partial charge in [0.05, 0.1) is 5.02 Å². The summed E-state index contributed by atoms with van der Waals surface area (Å²) >= 11 is 12.0. The van der Waals surface area contributed by atoms with Gasteiger partial charge in [-0.3, -0.25) is 0 Å². The molecule has 0 saturated carbocycles. The minimum absolute atomic E-state index is 0.0880. The summed E-state index contributed by atoms with van der Waals surface area (Å²) in [6.07, 6.45) is 0.485. The molecule has 0 bridgehead atoms. The molecule has 0 fully saturated rings. The van der Waals surface area contributed by atoms with Gasteiger partial charge in [0.15, 0.2) is 0 Å². The quantitative estimate of drug-likeness (QED) is 0.856. The summed E-state index contributed by atoms with van der Waals surface area (Å²) in [7, 11) is 1.75. The number of nitrogens with one attached hydrogen (secondary N) is 1. The highest BCUT2D eigenvalue weighted by molar-refractivity contribution is 6.32. The van der Waals surface area contributed by atoms with E-state index < -0.39 is 5.82 Å². The van der Waals surface area contributed by atoms with Crippen molar-refractivity contribution >= 4 is 23.2 Å². The number of benzene rings is 2. The predicted octanol–water partition coefficient (Wildman–Crippen LogP) is 4.77. The van der Waals surface area contributed by atoms with Gasteiger partial charge in [0.2, 0.25) is 0 Å². The van der Waals surface area contributed by atoms with Crippen LogP contribution < -0.4 is 5.32 Å². The van der Waals surface area contributed by atoms with Crippen LogP contribution in [0.1, 0.15) is 17.2 Å². The minimum atomic E-state index is -0.463. The van der Waals surface area contributed by atoms with Gasteiger partial charge in [0, 0.05) is 11.1 Å². The van der Waals surface area contributed by atoms with Gasteiger partial charge < -0.3 is 5.32 Å². The lowest BCUT2D eigenvalue weighted by molar-refractivity contribution is 0.576. The monoisotopic (exact) mass is 315 g/mol. The Bertz CT molecular complexity index is 617. The van der Waals surface area contributed by atoms with Crippen molar-refractivity contribution < 1.29 is 8.78 Å². The third-order valence-electron chi connectivity index (χ3n) is 3.14. The van der Waals surface area contributed by atoms with Gasteiger partial charge in [-0.15, -0.1) is 0 Å². The molecule has 0 heterocycles. The fourth-order valence-corrected chi connectivity index (χ4v) is 2.57. The lowest BCUT2D eigenvalue weighted by atomic mass is 9.98. The SMILES string of the molecule is CNC(Cc1ccc(F)cc1Cl)c1cccc(F)c1Cl. The second kappa shape index (κ2) is 6.53. The molecule has 0 aliphatic carbocycles. The molecule has 0 aliphatic heterocycles. The van der Waals surface area contributed by atoms with Crippen LogP contribution in [0.5, 0.6) is 0 Å². The molecule has 106 valence electrons. The van der Waals surface area contributed by atoms with Crippen LogP contribution in [-0.4, -0.2) is 7.05 Å². The van der Waals surface area contributed by atoms with Crippen molar-refractivity contribution in [2.75, 3.05) is 7.05 Å². The summed E-state index contributed by atoms with van der Waals surface area (Å²) in [5.41, 5.74) is 1.42. The van der Waals surface area contributed by atoms with E-state index in [2.05, 4.69) is 5.32 Å². The van der Waals surface area contributed by atoms with Crippen LogP contribution in [-0.2, 0) is 6.42 Å². The van der Waals surface area contributed by atoms with Crippen LogP contribution >= 0.6 is 23.2 Å². The van der Waals surface area contributed by atoms with Crippen LogP contribution in [0.2, 0.25) is 10.0 Å². The Hall–Kier alpha value is -1.16. The van der Waals surface area contributed by atoms with Gasteiger partial charge in [-0.05, 0) is 42.8 Å². The maximum atomic E-state index is 13.5. The minimum Gasteiger partial charge on any atom is -0.313 e. The highest BCUT2D eigenvalue weighted by atomic mass is 35.5. The standard InChI is InChI=1S/C15H13Cl2F2N/c1-20-14(11-3-2-4-13(19)15(11)17)7-9-5-6-10(18)8-12(9)16/h2-6,8,14,20H,7H2,1H3. The van der Waals surface area contributed by atoms with Gasteiger partial charge in [-0.2, -0.15) is 0 Å². The van der Waals surface area contributed by atoms with Crippen molar-refractivity contribution in [3.63, 3.8) is 0 Å². The van der Waals surface area contributed by atoms with Gasteiger partial charge in [-0.1, -0.05) is 41.4 Å². The highest BCUT2D eigenvalue weighted by Gasteiger charge is 2.17. The van der Waals surface area contributed by atoms with E-state index >= 15 is 0 Å². The molecule has 2 aromatic rings. The number of hydrogen-bond acceptors (Lipinski definition) is 1. The highest BCUT2D eigenvalue weighted by Crippen LogP contribution is 2.29. The van der Waals surface area contributed by atoms with E-state index in [0.29, 0.717) is 17.0 Å². The summed E-state index contributed by atoms with van der Waals surface area (Å²) in [6, 6.07) is 8.69. The van der Waals surface area contributed by atoms with E-state index in [1.165, 1.54) is 18.2 Å². The van der Waals surface area contributed by atoms with Gasteiger partial charge in [0.1, 0.15) is 11.6 Å². The molecule has 0 aromatic heterocycles. The Morgan fingerprint density at radius 2 is 1.90 bits per heavy atom. The molecule has 0 aliphatic rings. The normalized spacial score (nSPS) is 12.4. The Morgan fingerprint density at radius 1 is 1.15 bits per heavy atom. The summed E-state index contributed by atoms with van der Waals surface area (Å²) in [4.78, 5) is 0. The fraction of sp³-hybridized carbons (Fsp3) is 0.200. The molecular weight excluding hydrogens is 303 g/mol. The average molecular weight is 316 g/mol. The van der Waals surface area contributed by atoms with E-state index in [-0.39, 0.29) is 16.9 Å². The average Bonchev–Trinajstić information content (AvgIpc) is 2.42. The molecule has 20 heavy (non-hydrogen) atoms. The first-order valence-electron chi connectivity index (χ1n) is 6.08. The maximum absolute atomic E-state index is 13.5. The van der Waals surface area contributed by atoms with Crippen molar-refractivity contribution in [2.45, 2.75) is 12.5 Å². The zero-order chi connectivity index (χ0) is 14.7. The van der Waals surface area contributed by atoms with Gasteiger partial charge in [-0.25, -0.2) is 8.78 Å². The van der Waals surface area contributed by atoms with Gasteiger partial charge in [0.25, 0.3) is 0 Å². The second-order valence-corrected chi connectivity index (χ2v) is 5.21.